The van der Waals surface area contributed by atoms with Crippen molar-refractivity contribution in [2.45, 2.75) is 25.8 Å². The molecule has 17 heavy (non-hydrogen) atoms. The minimum atomic E-state index is 0.443. The van der Waals surface area contributed by atoms with E-state index >= 15 is 0 Å². The molecule has 1 aliphatic heterocycles. The van der Waals surface area contributed by atoms with Crippen molar-refractivity contribution in [1.29, 1.82) is 0 Å². The lowest BCUT2D eigenvalue weighted by atomic mass is 10.1. The van der Waals surface area contributed by atoms with Gasteiger partial charge in [-0.3, -0.25) is 5.01 Å². The van der Waals surface area contributed by atoms with Crippen molar-refractivity contribution in [3.63, 3.8) is 0 Å². The fraction of sp³-hybridized carbons (Fsp3) is 0.500. The summed E-state index contributed by atoms with van der Waals surface area (Å²) in [6.07, 6.45) is 2.39. The quantitative estimate of drug-likeness (QED) is 0.745. The Morgan fingerprint density at radius 3 is 2.88 bits per heavy atom. The summed E-state index contributed by atoms with van der Waals surface area (Å²) in [4.78, 5) is 0. The Bertz CT molecular complexity index is 375. The van der Waals surface area contributed by atoms with Gasteiger partial charge >= 0.3 is 0 Å². The fourth-order valence-corrected chi connectivity index (χ4v) is 2.24. The Kier molecular flexibility index (Phi) is 4.15. The van der Waals surface area contributed by atoms with Crippen LogP contribution < -0.4 is 0 Å². The second-order valence-electron chi connectivity index (χ2n) is 4.47. The number of methoxy groups -OCH3 is 1. The van der Waals surface area contributed by atoms with Crippen molar-refractivity contribution >= 4 is 5.71 Å². The molecule has 1 atom stereocenters. The van der Waals surface area contributed by atoms with E-state index in [1.807, 2.05) is 18.2 Å². The Labute approximate surface area is 103 Å². The highest BCUT2D eigenvalue weighted by Crippen LogP contribution is 2.18. The predicted octanol–water partition coefficient (Wildman–Crippen LogP) is 2.52. The first-order valence-electron chi connectivity index (χ1n) is 6.17. The number of hydrogen-bond donors (Lipinski definition) is 0. The normalized spacial score (nSPS) is 20.9. The minimum absolute atomic E-state index is 0.443. The number of rotatable bonds is 4. The van der Waals surface area contributed by atoms with Crippen LogP contribution in [0.2, 0.25) is 0 Å². The van der Waals surface area contributed by atoms with Crippen LogP contribution in [0.15, 0.2) is 35.4 Å². The van der Waals surface area contributed by atoms with Gasteiger partial charge in [0.25, 0.3) is 0 Å². The maximum Gasteiger partial charge on any atom is 0.0704 e. The summed E-state index contributed by atoms with van der Waals surface area (Å²) in [6.45, 7) is 3.88. The van der Waals surface area contributed by atoms with Crippen LogP contribution in [0.5, 0.6) is 0 Å². The lowest BCUT2D eigenvalue weighted by Gasteiger charge is -2.21. The van der Waals surface area contributed by atoms with Crippen molar-refractivity contribution in [1.82, 2.24) is 5.01 Å². The third-order valence-corrected chi connectivity index (χ3v) is 3.18. The van der Waals surface area contributed by atoms with Crippen molar-refractivity contribution in [3.05, 3.63) is 35.9 Å². The number of nitrogens with zero attached hydrogens (tertiary/aromatic N) is 2. The first-order valence-corrected chi connectivity index (χ1v) is 6.17. The van der Waals surface area contributed by atoms with Gasteiger partial charge in [0.2, 0.25) is 0 Å². The van der Waals surface area contributed by atoms with Crippen LogP contribution in [0.4, 0.5) is 0 Å². The molecule has 0 N–H and O–H groups in total. The SMILES string of the molecule is COC[C@@H]1CCCN1/N=C(\C)c1ccccc1. The van der Waals surface area contributed by atoms with Crippen molar-refractivity contribution in [2.24, 2.45) is 5.10 Å². The van der Waals surface area contributed by atoms with Gasteiger partial charge in [-0.2, -0.15) is 5.10 Å². The van der Waals surface area contributed by atoms with Crippen LogP contribution in [0.3, 0.4) is 0 Å². The minimum Gasteiger partial charge on any atom is -0.382 e. The van der Waals surface area contributed by atoms with Crippen molar-refractivity contribution < 1.29 is 4.74 Å². The zero-order valence-corrected chi connectivity index (χ0v) is 10.6. The third-order valence-electron chi connectivity index (χ3n) is 3.18. The maximum absolute atomic E-state index is 5.23. The lowest BCUT2D eigenvalue weighted by Crippen LogP contribution is -2.29. The second-order valence-corrected chi connectivity index (χ2v) is 4.47. The van der Waals surface area contributed by atoms with Crippen LogP contribution >= 0.6 is 0 Å². The average molecular weight is 232 g/mol. The van der Waals surface area contributed by atoms with E-state index in [0.29, 0.717) is 6.04 Å². The summed E-state index contributed by atoms with van der Waals surface area (Å²) >= 11 is 0. The average Bonchev–Trinajstić information content (AvgIpc) is 2.78. The third kappa shape index (κ3) is 3.07. The summed E-state index contributed by atoms with van der Waals surface area (Å²) in [5.41, 5.74) is 2.27. The number of ether oxygens (including phenoxy) is 1. The lowest BCUT2D eigenvalue weighted by molar-refractivity contribution is 0.118. The molecule has 0 amide bonds. The highest BCUT2D eigenvalue weighted by Gasteiger charge is 2.23. The summed E-state index contributed by atoms with van der Waals surface area (Å²) < 4.78 is 5.23. The molecule has 0 unspecified atom stereocenters. The molecule has 0 radical (unpaired) electrons. The van der Waals surface area contributed by atoms with Crippen LogP contribution in [-0.4, -0.2) is 37.0 Å². The molecule has 1 aromatic carbocycles. The molecule has 1 fully saturated rings. The highest BCUT2D eigenvalue weighted by molar-refractivity contribution is 5.98. The van der Waals surface area contributed by atoms with E-state index in [1.54, 1.807) is 7.11 Å². The van der Waals surface area contributed by atoms with Crippen LogP contribution in [0.25, 0.3) is 0 Å². The Morgan fingerprint density at radius 1 is 1.41 bits per heavy atom. The molecular formula is C14H20N2O. The summed E-state index contributed by atoms with van der Waals surface area (Å²) in [5, 5.41) is 6.89. The van der Waals surface area contributed by atoms with Crippen LogP contribution in [-0.2, 0) is 4.74 Å². The van der Waals surface area contributed by atoms with E-state index in [2.05, 4.69) is 24.1 Å². The molecule has 92 valence electrons. The number of benzene rings is 1. The van der Waals surface area contributed by atoms with Gasteiger partial charge in [0.05, 0.1) is 18.4 Å². The molecule has 3 nitrogen and oxygen atoms in total. The molecule has 1 saturated heterocycles. The second kappa shape index (κ2) is 5.82. The molecule has 0 aliphatic carbocycles. The topological polar surface area (TPSA) is 24.8 Å². The van der Waals surface area contributed by atoms with E-state index in [9.17, 15) is 0 Å². The van der Waals surface area contributed by atoms with Gasteiger partial charge in [0.15, 0.2) is 0 Å². The van der Waals surface area contributed by atoms with Gasteiger partial charge in [-0.05, 0) is 25.3 Å². The molecule has 1 heterocycles. The van der Waals surface area contributed by atoms with E-state index in [1.165, 1.54) is 18.4 Å². The zero-order valence-electron chi connectivity index (χ0n) is 10.6. The van der Waals surface area contributed by atoms with Gasteiger partial charge in [0, 0.05) is 13.7 Å². The maximum atomic E-state index is 5.23. The highest BCUT2D eigenvalue weighted by atomic mass is 16.5. The molecule has 1 aromatic rings. The molecule has 0 aromatic heterocycles. The number of hydrogen-bond acceptors (Lipinski definition) is 3. The largest absolute Gasteiger partial charge is 0.382 e. The standard InChI is InChI=1S/C14H20N2O/c1-12(13-7-4-3-5-8-13)15-16-10-6-9-14(16)11-17-2/h3-5,7-8,14H,6,9-11H2,1-2H3/b15-12+/t14-/m0/s1. The van der Waals surface area contributed by atoms with Gasteiger partial charge in [-0.1, -0.05) is 30.3 Å². The van der Waals surface area contributed by atoms with Gasteiger partial charge in [-0.15, -0.1) is 0 Å². The Hall–Kier alpha value is -1.35. The first-order chi connectivity index (χ1) is 8.31. The van der Waals surface area contributed by atoms with Crippen molar-refractivity contribution in [3.8, 4) is 0 Å². The Balaban J connectivity index is 2.08. The van der Waals surface area contributed by atoms with Gasteiger partial charge in [0.1, 0.15) is 0 Å². The van der Waals surface area contributed by atoms with Crippen LogP contribution in [0, 0.1) is 0 Å². The first kappa shape index (κ1) is 12.1. The zero-order chi connectivity index (χ0) is 12.1. The molecule has 0 saturated carbocycles. The number of hydrazone groups is 1. The van der Waals surface area contributed by atoms with Gasteiger partial charge < -0.3 is 4.74 Å². The van der Waals surface area contributed by atoms with E-state index < -0.39 is 0 Å². The van der Waals surface area contributed by atoms with Gasteiger partial charge in [-0.25, -0.2) is 0 Å². The monoisotopic (exact) mass is 232 g/mol. The fourth-order valence-electron chi connectivity index (χ4n) is 2.24. The summed E-state index contributed by atoms with van der Waals surface area (Å²) in [7, 11) is 1.75. The molecule has 1 aliphatic rings. The molecule has 0 spiro atoms. The van der Waals surface area contributed by atoms with E-state index in [0.717, 1.165) is 18.9 Å². The summed E-state index contributed by atoms with van der Waals surface area (Å²) in [6, 6.07) is 10.8. The van der Waals surface area contributed by atoms with E-state index in [4.69, 9.17) is 9.84 Å². The molecular weight excluding hydrogens is 212 g/mol. The van der Waals surface area contributed by atoms with Crippen molar-refractivity contribution in [2.75, 3.05) is 20.3 Å². The summed E-state index contributed by atoms with van der Waals surface area (Å²) in [5.74, 6) is 0. The predicted molar refractivity (Wildman–Crippen MR) is 70.3 cm³/mol. The van der Waals surface area contributed by atoms with Crippen LogP contribution in [0.1, 0.15) is 25.3 Å². The molecule has 0 bridgehead atoms. The Morgan fingerprint density at radius 2 is 2.18 bits per heavy atom. The smallest absolute Gasteiger partial charge is 0.0704 e. The molecule has 3 heteroatoms. The van der Waals surface area contributed by atoms with E-state index in [-0.39, 0.29) is 0 Å². The molecule has 2 rings (SSSR count).